The molecule has 4 aromatic rings. The SMILES string of the molecule is COc1ccc(S(=O)c2ccccc2)c([S+]2c3ccccc3S(=O)(=O)c3ccccc32)c1. The van der Waals surface area contributed by atoms with E-state index in [2.05, 4.69) is 0 Å². The number of fused-ring (bicyclic) bond motifs is 2. The smallest absolute Gasteiger partial charge is 0.216 e. The van der Waals surface area contributed by atoms with Gasteiger partial charge in [0.25, 0.3) is 0 Å². The van der Waals surface area contributed by atoms with Crippen molar-refractivity contribution < 1.29 is 17.4 Å². The van der Waals surface area contributed by atoms with Crippen molar-refractivity contribution in [2.75, 3.05) is 7.11 Å². The van der Waals surface area contributed by atoms with Crippen molar-refractivity contribution in [1.82, 2.24) is 0 Å². The molecule has 160 valence electrons. The fourth-order valence-electron chi connectivity index (χ4n) is 3.75. The topological polar surface area (TPSA) is 60.4 Å². The third-order valence-corrected chi connectivity index (χ3v) is 11.3. The standard InChI is InChI=1S/C25H19O4S3/c1-29-18-15-16-20(31(26)19-9-3-2-4-10-19)23(17-18)30-21-11-5-7-13-24(21)32(27,28)25-14-8-6-12-22(25)30/h2-17H,1H3/q+1. The van der Waals surface area contributed by atoms with E-state index in [1.807, 2.05) is 66.7 Å². The Bertz CT molecular complexity index is 1390. The minimum absolute atomic E-state index is 0.293. The van der Waals surface area contributed by atoms with Gasteiger partial charge in [0.15, 0.2) is 14.7 Å². The lowest BCUT2D eigenvalue weighted by Crippen LogP contribution is -2.21. The summed E-state index contributed by atoms with van der Waals surface area (Å²) in [5.74, 6) is 0.629. The first-order valence-corrected chi connectivity index (χ1v) is 13.7. The van der Waals surface area contributed by atoms with E-state index >= 15 is 0 Å². The van der Waals surface area contributed by atoms with Gasteiger partial charge in [-0.3, -0.25) is 0 Å². The predicted molar refractivity (Wildman–Crippen MR) is 125 cm³/mol. The van der Waals surface area contributed by atoms with Gasteiger partial charge < -0.3 is 4.74 Å². The highest BCUT2D eigenvalue weighted by molar-refractivity contribution is 8.01. The van der Waals surface area contributed by atoms with Crippen LogP contribution in [0.1, 0.15) is 0 Å². The van der Waals surface area contributed by atoms with Gasteiger partial charge in [-0.05, 0) is 48.5 Å². The molecule has 4 aromatic carbocycles. The highest BCUT2D eigenvalue weighted by Crippen LogP contribution is 2.46. The average molecular weight is 480 g/mol. The molecule has 7 heteroatoms. The van der Waals surface area contributed by atoms with Crippen LogP contribution in [0.4, 0.5) is 0 Å². The van der Waals surface area contributed by atoms with E-state index in [1.54, 1.807) is 37.4 Å². The lowest BCUT2D eigenvalue weighted by molar-refractivity contribution is 0.413. The first-order valence-electron chi connectivity index (χ1n) is 9.84. The number of sulfone groups is 1. The van der Waals surface area contributed by atoms with Gasteiger partial charge in [-0.1, -0.05) is 42.5 Å². The van der Waals surface area contributed by atoms with E-state index in [1.165, 1.54) is 0 Å². The number of rotatable bonds is 4. The molecule has 32 heavy (non-hydrogen) atoms. The average Bonchev–Trinajstić information content (AvgIpc) is 2.84. The van der Waals surface area contributed by atoms with Crippen LogP contribution in [0.25, 0.3) is 0 Å². The second-order valence-electron chi connectivity index (χ2n) is 7.10. The third-order valence-electron chi connectivity index (χ3n) is 5.24. The van der Waals surface area contributed by atoms with Crippen molar-refractivity contribution >= 4 is 31.5 Å². The summed E-state index contributed by atoms with van der Waals surface area (Å²) in [7, 11) is -4.27. The lowest BCUT2D eigenvalue weighted by atomic mass is 10.3. The molecule has 1 heterocycles. The summed E-state index contributed by atoms with van der Waals surface area (Å²) in [5, 5.41) is 0. The van der Waals surface area contributed by atoms with E-state index in [4.69, 9.17) is 4.74 Å². The summed E-state index contributed by atoms with van der Waals surface area (Å²) < 4.78 is 45.8. The summed E-state index contributed by atoms with van der Waals surface area (Å²) >= 11 is 0. The van der Waals surface area contributed by atoms with Crippen LogP contribution in [-0.4, -0.2) is 19.7 Å². The molecule has 0 saturated heterocycles. The fourth-order valence-corrected chi connectivity index (χ4v) is 10.1. The Morgan fingerprint density at radius 2 is 1.28 bits per heavy atom. The summed E-state index contributed by atoms with van der Waals surface area (Å²) in [6.45, 7) is 0. The second kappa shape index (κ2) is 8.24. The van der Waals surface area contributed by atoms with Crippen LogP contribution in [-0.2, 0) is 31.5 Å². The Labute approximate surface area is 192 Å². The van der Waals surface area contributed by atoms with Crippen molar-refractivity contribution in [3.8, 4) is 5.75 Å². The second-order valence-corrected chi connectivity index (χ2v) is 12.4. The Morgan fingerprint density at radius 3 is 1.88 bits per heavy atom. The minimum Gasteiger partial charge on any atom is -0.497 e. The van der Waals surface area contributed by atoms with Gasteiger partial charge >= 0.3 is 0 Å². The van der Waals surface area contributed by atoms with E-state index in [9.17, 15) is 12.6 Å². The maximum Gasteiger partial charge on any atom is 0.216 e. The third kappa shape index (κ3) is 3.37. The monoisotopic (exact) mass is 479 g/mol. The number of benzene rings is 4. The van der Waals surface area contributed by atoms with E-state index in [0.717, 1.165) is 4.90 Å². The Morgan fingerprint density at radius 1 is 0.719 bits per heavy atom. The summed E-state index contributed by atoms with van der Waals surface area (Å²) in [6, 6.07) is 28.9. The molecule has 1 atom stereocenters. The van der Waals surface area contributed by atoms with Crippen molar-refractivity contribution in [3.63, 3.8) is 0 Å². The number of hydrogen-bond donors (Lipinski definition) is 0. The first-order chi connectivity index (χ1) is 15.5. The van der Waals surface area contributed by atoms with E-state index in [-0.39, 0.29) is 0 Å². The van der Waals surface area contributed by atoms with Crippen LogP contribution in [0.2, 0.25) is 0 Å². The number of hydrogen-bond acceptors (Lipinski definition) is 4. The van der Waals surface area contributed by atoms with Crippen molar-refractivity contribution in [2.45, 2.75) is 34.3 Å². The molecule has 1 aliphatic rings. The molecule has 0 saturated carbocycles. The molecule has 0 radical (unpaired) electrons. The number of ether oxygens (including phenoxy) is 1. The van der Waals surface area contributed by atoms with Gasteiger partial charge in [-0.15, -0.1) is 0 Å². The normalized spacial score (nSPS) is 15.4. The van der Waals surface area contributed by atoms with Crippen molar-refractivity contribution in [3.05, 3.63) is 97.1 Å². The van der Waals surface area contributed by atoms with Crippen LogP contribution in [0.15, 0.2) is 131 Å². The Hall–Kier alpha value is -2.87. The predicted octanol–water partition coefficient (Wildman–Crippen LogP) is 5.10. The van der Waals surface area contributed by atoms with E-state index < -0.39 is 31.5 Å². The molecule has 0 aromatic heterocycles. The molecule has 5 rings (SSSR count). The molecule has 0 amide bonds. The summed E-state index contributed by atoms with van der Waals surface area (Å²) in [6.07, 6.45) is 0. The molecule has 0 N–H and O–H groups in total. The largest absolute Gasteiger partial charge is 0.497 e. The molecule has 0 bridgehead atoms. The molecule has 0 aliphatic carbocycles. The molecule has 4 nitrogen and oxygen atoms in total. The maximum absolute atomic E-state index is 13.6. The van der Waals surface area contributed by atoms with Crippen molar-refractivity contribution in [2.24, 2.45) is 0 Å². The highest BCUT2D eigenvalue weighted by atomic mass is 32.2. The summed E-state index contributed by atoms with van der Waals surface area (Å²) in [5.41, 5.74) is 0. The molecule has 0 spiro atoms. The molecular weight excluding hydrogens is 460 g/mol. The Balaban J connectivity index is 1.82. The van der Waals surface area contributed by atoms with Crippen LogP contribution in [0.3, 0.4) is 0 Å². The first kappa shape index (κ1) is 21.0. The Kier molecular flexibility index (Phi) is 5.41. The van der Waals surface area contributed by atoms with Gasteiger partial charge in [0.1, 0.15) is 26.4 Å². The van der Waals surface area contributed by atoms with Crippen LogP contribution >= 0.6 is 0 Å². The quantitative estimate of drug-likeness (QED) is 0.336. The summed E-state index contributed by atoms with van der Waals surface area (Å²) in [4.78, 5) is 4.11. The van der Waals surface area contributed by atoms with Crippen LogP contribution in [0, 0.1) is 0 Å². The molecule has 1 aliphatic heterocycles. The maximum atomic E-state index is 13.6. The molecule has 0 fully saturated rings. The van der Waals surface area contributed by atoms with Gasteiger partial charge in [0.05, 0.1) is 22.8 Å². The number of methoxy groups -OCH3 is 1. The highest BCUT2D eigenvalue weighted by Gasteiger charge is 2.46. The zero-order chi connectivity index (χ0) is 22.3. The van der Waals surface area contributed by atoms with Crippen LogP contribution < -0.4 is 4.74 Å². The lowest BCUT2D eigenvalue weighted by Gasteiger charge is -2.21. The van der Waals surface area contributed by atoms with Gasteiger partial charge in [-0.2, -0.15) is 0 Å². The van der Waals surface area contributed by atoms with Crippen molar-refractivity contribution in [1.29, 1.82) is 0 Å². The van der Waals surface area contributed by atoms with Gasteiger partial charge in [0, 0.05) is 11.0 Å². The zero-order valence-corrected chi connectivity index (χ0v) is 19.5. The van der Waals surface area contributed by atoms with Crippen LogP contribution in [0.5, 0.6) is 5.75 Å². The van der Waals surface area contributed by atoms with Gasteiger partial charge in [-0.25, -0.2) is 12.6 Å². The van der Waals surface area contributed by atoms with Gasteiger partial charge in [0.2, 0.25) is 9.84 Å². The molecular formula is C25H19O4S3+. The minimum atomic E-state index is -3.64. The zero-order valence-electron chi connectivity index (χ0n) is 17.1. The molecule has 1 unspecified atom stereocenters. The van der Waals surface area contributed by atoms with E-state index in [0.29, 0.717) is 35.1 Å². The fraction of sp³-hybridized carbons (Fsp3) is 0.0400.